The summed E-state index contributed by atoms with van der Waals surface area (Å²) in [7, 11) is 0. The Morgan fingerprint density at radius 2 is 1.43 bits per heavy atom. The number of allylic oxidation sites excluding steroid dienone is 2. The minimum Gasteiger partial charge on any atom is -0.309 e. The zero-order valence-electron chi connectivity index (χ0n) is 27.6. The van der Waals surface area contributed by atoms with Crippen molar-refractivity contribution < 1.29 is 0 Å². The highest BCUT2D eigenvalue weighted by molar-refractivity contribution is 6.08. The number of nitrogens with zero attached hydrogens (tertiary/aromatic N) is 5. The molecule has 0 unspecified atom stereocenters. The molecule has 0 N–H and O–H groups in total. The van der Waals surface area contributed by atoms with Crippen molar-refractivity contribution in [3.05, 3.63) is 174 Å². The molecular formula is C46H27N5. The van der Waals surface area contributed by atoms with E-state index in [0.717, 1.165) is 72.0 Å². The molecule has 0 aliphatic heterocycles. The van der Waals surface area contributed by atoms with Gasteiger partial charge in [-0.2, -0.15) is 15.8 Å². The number of nitriles is 3. The Labute approximate surface area is 295 Å². The second kappa shape index (κ2) is 12.5. The topological polar surface area (TPSA) is 81.2 Å². The Morgan fingerprint density at radius 1 is 0.686 bits per heavy atom. The molecule has 236 valence electrons. The van der Waals surface area contributed by atoms with Crippen molar-refractivity contribution in [2.24, 2.45) is 0 Å². The normalized spacial score (nSPS) is 11.0. The third kappa shape index (κ3) is 4.86. The average molecular weight is 650 g/mol. The molecule has 8 aromatic rings. The molecule has 2 heterocycles. The van der Waals surface area contributed by atoms with Gasteiger partial charge in [0.1, 0.15) is 5.52 Å². The number of aryl methyl sites for hydroxylation is 1. The van der Waals surface area contributed by atoms with Gasteiger partial charge in [0, 0.05) is 38.7 Å². The first-order chi connectivity index (χ1) is 25.1. The highest BCUT2D eigenvalue weighted by atomic mass is 15.0. The largest absolute Gasteiger partial charge is 0.309 e. The van der Waals surface area contributed by atoms with Gasteiger partial charge in [0.2, 0.25) is 0 Å². The second-order valence-corrected chi connectivity index (χ2v) is 12.2. The summed E-state index contributed by atoms with van der Waals surface area (Å²) in [6.07, 6.45) is 5.60. The molecule has 0 saturated carbocycles. The molecule has 0 saturated heterocycles. The molecule has 0 atom stereocenters. The van der Waals surface area contributed by atoms with Crippen LogP contribution in [0.3, 0.4) is 0 Å². The minimum absolute atomic E-state index is 0.476. The Balaban J connectivity index is 1.37. The van der Waals surface area contributed by atoms with Crippen LogP contribution in [-0.4, -0.2) is 9.13 Å². The number of hydrogen-bond donors (Lipinski definition) is 0. The highest BCUT2D eigenvalue weighted by Crippen LogP contribution is 2.42. The lowest BCUT2D eigenvalue weighted by Gasteiger charge is -2.20. The summed E-state index contributed by atoms with van der Waals surface area (Å²) in [5.74, 6) is 0. The summed E-state index contributed by atoms with van der Waals surface area (Å²) >= 11 is 0. The predicted octanol–water partition coefficient (Wildman–Crippen LogP) is 10.8. The molecule has 0 aliphatic rings. The molecule has 0 fully saturated rings. The zero-order chi connectivity index (χ0) is 35.1. The van der Waals surface area contributed by atoms with Gasteiger partial charge in [-0.1, -0.05) is 73.3 Å². The zero-order valence-corrected chi connectivity index (χ0v) is 27.6. The van der Waals surface area contributed by atoms with Gasteiger partial charge in [0.05, 0.1) is 51.6 Å². The van der Waals surface area contributed by atoms with Crippen molar-refractivity contribution in [1.82, 2.24) is 9.13 Å². The van der Waals surface area contributed by atoms with Gasteiger partial charge >= 0.3 is 0 Å². The number of benzene rings is 5. The van der Waals surface area contributed by atoms with Gasteiger partial charge in [-0.05, 0) is 102 Å². The van der Waals surface area contributed by atoms with Crippen LogP contribution in [0.2, 0.25) is 0 Å². The van der Waals surface area contributed by atoms with Crippen LogP contribution in [0.15, 0.2) is 134 Å². The Kier molecular flexibility index (Phi) is 7.52. The Hall–Kier alpha value is -7.57. The van der Waals surface area contributed by atoms with E-state index in [9.17, 15) is 15.8 Å². The van der Waals surface area contributed by atoms with Crippen molar-refractivity contribution >= 4 is 38.8 Å². The van der Waals surface area contributed by atoms with Crippen molar-refractivity contribution in [3.63, 3.8) is 0 Å². The van der Waals surface area contributed by atoms with Crippen LogP contribution in [0.5, 0.6) is 0 Å². The molecule has 0 amide bonds. The van der Waals surface area contributed by atoms with Crippen molar-refractivity contribution in [3.8, 4) is 51.8 Å². The molecule has 5 heteroatoms. The number of fused-ring (bicyclic) bond motifs is 4. The molecular weight excluding hydrogens is 623 g/mol. The maximum absolute atomic E-state index is 10.6. The van der Waals surface area contributed by atoms with Crippen LogP contribution in [0, 0.1) is 53.0 Å². The first-order valence-corrected chi connectivity index (χ1v) is 16.4. The lowest BCUT2D eigenvalue weighted by atomic mass is 9.88. The summed E-state index contributed by atoms with van der Waals surface area (Å²) in [5.41, 5.74) is 11.1. The SMILES string of the molecule is C=C/C=C\c1c(C)c2cc(C#N)ccc2n1-c1cccc(C#N)c1-c1cccc(C#N)c1-c1ccc(-n2c3c#cccc3c3ccccc32)cc1. The lowest BCUT2D eigenvalue weighted by Crippen LogP contribution is -2.03. The van der Waals surface area contributed by atoms with E-state index >= 15 is 0 Å². The van der Waals surface area contributed by atoms with E-state index < -0.39 is 0 Å². The fourth-order valence-corrected chi connectivity index (χ4v) is 7.26. The molecule has 5 nitrogen and oxygen atoms in total. The predicted molar refractivity (Wildman–Crippen MR) is 204 cm³/mol. The van der Waals surface area contributed by atoms with Crippen LogP contribution >= 0.6 is 0 Å². The van der Waals surface area contributed by atoms with E-state index in [1.165, 1.54) is 0 Å². The van der Waals surface area contributed by atoms with Crippen LogP contribution in [0.4, 0.5) is 0 Å². The molecule has 0 spiro atoms. The summed E-state index contributed by atoms with van der Waals surface area (Å²) in [4.78, 5) is 0. The number of hydrogen-bond acceptors (Lipinski definition) is 3. The molecule has 0 bridgehead atoms. The van der Waals surface area contributed by atoms with Gasteiger partial charge < -0.3 is 9.13 Å². The fourth-order valence-electron chi connectivity index (χ4n) is 7.26. The van der Waals surface area contributed by atoms with Crippen molar-refractivity contribution in [2.45, 2.75) is 6.92 Å². The second-order valence-electron chi connectivity index (χ2n) is 12.2. The fraction of sp³-hybridized carbons (Fsp3) is 0.0217. The first-order valence-electron chi connectivity index (χ1n) is 16.4. The molecule has 6 aromatic carbocycles. The van der Waals surface area contributed by atoms with E-state index in [-0.39, 0.29) is 0 Å². The Bertz CT molecular complexity index is 2810. The van der Waals surface area contributed by atoms with Crippen LogP contribution in [-0.2, 0) is 0 Å². The third-order valence-electron chi connectivity index (χ3n) is 9.50. The maximum atomic E-state index is 10.6. The van der Waals surface area contributed by atoms with Gasteiger partial charge in [-0.25, -0.2) is 0 Å². The third-order valence-corrected chi connectivity index (χ3v) is 9.50. The summed E-state index contributed by atoms with van der Waals surface area (Å²) in [5, 5.41) is 33.9. The van der Waals surface area contributed by atoms with E-state index in [0.29, 0.717) is 22.3 Å². The van der Waals surface area contributed by atoms with Crippen molar-refractivity contribution in [2.75, 3.05) is 0 Å². The first kappa shape index (κ1) is 30.7. The van der Waals surface area contributed by atoms with Crippen LogP contribution in [0.1, 0.15) is 27.9 Å². The number of rotatable bonds is 6. The number of aromatic nitrogens is 2. The summed E-state index contributed by atoms with van der Waals surface area (Å²) < 4.78 is 4.31. The van der Waals surface area contributed by atoms with E-state index in [1.54, 1.807) is 6.08 Å². The van der Waals surface area contributed by atoms with Gasteiger partial charge in [-0.15, -0.1) is 0 Å². The maximum Gasteiger partial charge on any atom is 0.105 e. The lowest BCUT2D eigenvalue weighted by molar-refractivity contribution is 1.10. The molecule has 51 heavy (non-hydrogen) atoms. The van der Waals surface area contributed by atoms with Gasteiger partial charge in [-0.3, -0.25) is 0 Å². The van der Waals surface area contributed by atoms with Gasteiger partial charge in [0.15, 0.2) is 0 Å². The van der Waals surface area contributed by atoms with Crippen molar-refractivity contribution in [1.29, 1.82) is 15.8 Å². The Morgan fingerprint density at radius 3 is 2.20 bits per heavy atom. The monoisotopic (exact) mass is 649 g/mol. The minimum atomic E-state index is 0.476. The number of para-hydroxylation sites is 1. The molecule has 0 radical (unpaired) electrons. The van der Waals surface area contributed by atoms with Gasteiger partial charge in [0.25, 0.3) is 0 Å². The molecule has 2 aromatic heterocycles. The summed E-state index contributed by atoms with van der Waals surface area (Å²) in [6, 6.07) is 51.0. The smallest absolute Gasteiger partial charge is 0.105 e. The van der Waals surface area contributed by atoms with E-state index in [4.69, 9.17) is 0 Å². The average Bonchev–Trinajstić information content (AvgIpc) is 3.67. The highest BCUT2D eigenvalue weighted by Gasteiger charge is 2.23. The molecule has 0 aliphatic carbocycles. The standard InChI is InChI=1S/C46H27N5/c1-3-4-16-40-30(2)39-26-31(27-47)20-25-43(39)51(40)44-19-10-12-34(29-49)46(44)38-15-9-11-33(28-48)45(38)32-21-23-35(24-22-32)50-41-17-7-5-13-36(41)37-14-6-8-18-42(37)50/h3-7,9-17,19-26H,1H2,2H3/b16-4-. The van der Waals surface area contributed by atoms with Crippen LogP contribution in [0.25, 0.3) is 72.4 Å². The molecule has 8 rings (SSSR count). The van der Waals surface area contributed by atoms with Crippen LogP contribution < -0.4 is 0 Å². The van der Waals surface area contributed by atoms with E-state index in [1.807, 2.05) is 104 Å². The van der Waals surface area contributed by atoms with E-state index in [2.05, 4.69) is 76.4 Å². The quantitative estimate of drug-likeness (QED) is 0.168. The summed E-state index contributed by atoms with van der Waals surface area (Å²) in [6.45, 7) is 5.91.